The fourth-order valence-corrected chi connectivity index (χ4v) is 2.68. The monoisotopic (exact) mass is 424 g/mol. The molecule has 0 aliphatic carbocycles. The lowest BCUT2D eigenvalue weighted by Gasteiger charge is -2.23. The van der Waals surface area contributed by atoms with Gasteiger partial charge in [0.1, 0.15) is 11.4 Å². The molecule has 0 amide bonds. The van der Waals surface area contributed by atoms with Crippen molar-refractivity contribution in [3.63, 3.8) is 0 Å². The van der Waals surface area contributed by atoms with E-state index in [1.807, 2.05) is 0 Å². The molecule has 0 heterocycles. The topological polar surface area (TPSA) is 91.8 Å². The number of nitrogens with zero attached hydrogens (tertiary/aromatic N) is 1. The molecule has 1 rings (SSSR count). The van der Waals surface area contributed by atoms with E-state index in [2.05, 4.69) is 20.3 Å². The first-order valence-electron chi connectivity index (χ1n) is 8.49. The predicted molar refractivity (Wildman–Crippen MR) is 103 cm³/mol. The van der Waals surface area contributed by atoms with E-state index < -0.39 is 27.4 Å². The Morgan fingerprint density at radius 2 is 1.79 bits per heavy atom. The summed E-state index contributed by atoms with van der Waals surface area (Å²) >= 11 is 0. The maximum absolute atomic E-state index is 13.4. The molecule has 11 heteroatoms. The molecule has 0 spiro atoms. The first-order chi connectivity index (χ1) is 12.7. The molecule has 0 saturated carbocycles. The van der Waals surface area contributed by atoms with Crippen LogP contribution in [0, 0.1) is 0 Å². The summed E-state index contributed by atoms with van der Waals surface area (Å²) in [5.74, 6) is 0.386. The third kappa shape index (κ3) is 9.27. The third-order valence-electron chi connectivity index (χ3n) is 3.26. The summed E-state index contributed by atoms with van der Waals surface area (Å²) in [6.07, 6.45) is -3.50. The average Bonchev–Trinajstić information content (AvgIpc) is 2.51. The first-order valence-corrected chi connectivity index (χ1v) is 10.4. The van der Waals surface area contributed by atoms with Crippen molar-refractivity contribution in [1.29, 1.82) is 0 Å². The summed E-state index contributed by atoms with van der Waals surface area (Å²) in [7, 11) is -1.85. The van der Waals surface area contributed by atoms with Gasteiger partial charge in [0, 0.05) is 26.7 Å². The minimum Gasteiger partial charge on any atom is -0.488 e. The van der Waals surface area contributed by atoms with Crippen molar-refractivity contribution in [1.82, 2.24) is 15.4 Å². The largest absolute Gasteiger partial charge is 0.488 e. The van der Waals surface area contributed by atoms with Crippen LogP contribution < -0.4 is 20.1 Å². The van der Waals surface area contributed by atoms with Gasteiger partial charge in [0.05, 0.1) is 11.8 Å². The van der Waals surface area contributed by atoms with Crippen molar-refractivity contribution in [2.75, 3.05) is 26.4 Å². The minimum atomic E-state index is -4.54. The number of nitrogens with one attached hydrogen (secondary N) is 3. The van der Waals surface area contributed by atoms with Gasteiger partial charge in [-0.15, -0.1) is 0 Å². The number of alkyl halides is 3. The summed E-state index contributed by atoms with van der Waals surface area (Å²) in [5.41, 5.74) is -1.38. The van der Waals surface area contributed by atoms with Gasteiger partial charge >= 0.3 is 6.18 Å². The summed E-state index contributed by atoms with van der Waals surface area (Å²) in [6.45, 7) is 5.48. The van der Waals surface area contributed by atoms with Crippen LogP contribution in [0.25, 0.3) is 0 Å². The molecule has 0 bridgehead atoms. The van der Waals surface area contributed by atoms with E-state index in [-0.39, 0.29) is 36.9 Å². The molecule has 0 unspecified atom stereocenters. The Labute approximate surface area is 163 Å². The van der Waals surface area contributed by atoms with Gasteiger partial charge in [0.15, 0.2) is 5.96 Å². The Morgan fingerprint density at radius 3 is 2.29 bits per heavy atom. The molecule has 0 radical (unpaired) electrons. The van der Waals surface area contributed by atoms with Crippen LogP contribution >= 0.6 is 0 Å². The average molecular weight is 424 g/mol. The first kappa shape index (κ1) is 24.0. The molecule has 0 aliphatic heterocycles. The number of aliphatic imine (C=N–C) groups is 1. The molecular weight excluding hydrogens is 397 g/mol. The Hall–Kier alpha value is -2.01. The number of hydrogen-bond donors (Lipinski definition) is 3. The highest BCUT2D eigenvalue weighted by Crippen LogP contribution is 2.35. The molecule has 0 saturated heterocycles. The zero-order valence-electron chi connectivity index (χ0n) is 16.6. The molecule has 0 aliphatic rings. The zero-order chi connectivity index (χ0) is 21.6. The predicted octanol–water partition coefficient (Wildman–Crippen LogP) is 2.10. The lowest BCUT2D eigenvalue weighted by Crippen LogP contribution is -2.41. The highest BCUT2D eigenvalue weighted by atomic mass is 32.2. The summed E-state index contributed by atoms with van der Waals surface area (Å²) in [4.78, 5) is 3.91. The van der Waals surface area contributed by atoms with Crippen LogP contribution in [0.5, 0.6) is 5.75 Å². The zero-order valence-corrected chi connectivity index (χ0v) is 17.4. The highest BCUT2D eigenvalue weighted by Gasteiger charge is 2.34. The Bertz CT molecular complexity index is 788. The van der Waals surface area contributed by atoms with E-state index >= 15 is 0 Å². The molecule has 0 aromatic heterocycles. The number of sulfonamides is 1. The minimum absolute atomic E-state index is 0.0333. The van der Waals surface area contributed by atoms with E-state index in [0.29, 0.717) is 0 Å². The number of halogens is 3. The van der Waals surface area contributed by atoms with E-state index in [9.17, 15) is 21.6 Å². The van der Waals surface area contributed by atoms with Gasteiger partial charge < -0.3 is 15.4 Å². The quantitative estimate of drug-likeness (QED) is 0.354. The van der Waals surface area contributed by atoms with Gasteiger partial charge in [-0.1, -0.05) is 6.07 Å². The molecule has 0 fully saturated rings. The molecule has 1 aromatic carbocycles. The van der Waals surface area contributed by atoms with E-state index in [0.717, 1.165) is 12.3 Å². The molecule has 28 heavy (non-hydrogen) atoms. The van der Waals surface area contributed by atoms with Crippen molar-refractivity contribution >= 4 is 16.0 Å². The van der Waals surface area contributed by atoms with E-state index in [1.54, 1.807) is 20.8 Å². The normalized spacial score (nSPS) is 13.4. The summed E-state index contributed by atoms with van der Waals surface area (Å²) in [5, 5.41) is 5.60. The Morgan fingerprint density at radius 1 is 1.14 bits per heavy atom. The molecule has 7 nitrogen and oxygen atoms in total. The van der Waals surface area contributed by atoms with Gasteiger partial charge in [-0.25, -0.2) is 13.1 Å². The van der Waals surface area contributed by atoms with Crippen LogP contribution in [0.15, 0.2) is 23.2 Å². The van der Waals surface area contributed by atoms with Gasteiger partial charge in [-0.2, -0.15) is 13.2 Å². The second kappa shape index (κ2) is 9.46. The van der Waals surface area contributed by atoms with Crippen LogP contribution in [0.2, 0.25) is 0 Å². The molecule has 0 atom stereocenters. The fourth-order valence-electron chi connectivity index (χ4n) is 2.21. The van der Waals surface area contributed by atoms with Crippen molar-refractivity contribution in [2.45, 2.75) is 39.1 Å². The van der Waals surface area contributed by atoms with E-state index in [4.69, 9.17) is 4.74 Å². The smallest absolute Gasteiger partial charge is 0.416 e. The number of hydrogen-bond acceptors (Lipinski definition) is 4. The van der Waals surface area contributed by atoms with Crippen molar-refractivity contribution in [3.8, 4) is 5.75 Å². The number of guanidine groups is 1. The summed E-state index contributed by atoms with van der Waals surface area (Å²) in [6, 6.07) is 3.83. The van der Waals surface area contributed by atoms with Crippen LogP contribution in [0.1, 0.15) is 31.9 Å². The van der Waals surface area contributed by atoms with Gasteiger partial charge in [0.2, 0.25) is 10.0 Å². The molecule has 3 N–H and O–H groups in total. The Balaban J connectivity index is 2.81. The standard InChI is InChI=1S/C17H27F3N4O3S/c1-16(2,3)27-13-7-6-12(14(10-13)17(18,19)20)11-23-15(21-4)22-8-9-24-28(5,25)26/h6-7,10,24H,8-9,11H2,1-5H3,(H2,21,22,23). The number of ether oxygens (including phenoxy) is 1. The van der Waals surface area contributed by atoms with Crippen molar-refractivity contribution in [3.05, 3.63) is 29.3 Å². The molecular formula is C17H27F3N4O3S. The number of benzene rings is 1. The lowest BCUT2D eigenvalue weighted by atomic mass is 10.1. The van der Waals surface area contributed by atoms with Crippen LogP contribution in [-0.4, -0.2) is 46.4 Å². The van der Waals surface area contributed by atoms with Crippen molar-refractivity contribution in [2.24, 2.45) is 4.99 Å². The van der Waals surface area contributed by atoms with Gasteiger partial charge in [-0.3, -0.25) is 4.99 Å². The fraction of sp³-hybridized carbons (Fsp3) is 0.588. The van der Waals surface area contributed by atoms with Crippen molar-refractivity contribution < 1.29 is 26.3 Å². The third-order valence-corrected chi connectivity index (χ3v) is 3.99. The SMILES string of the molecule is CN=C(NCCNS(C)(=O)=O)NCc1ccc(OC(C)(C)C)cc1C(F)(F)F. The summed E-state index contributed by atoms with van der Waals surface area (Å²) < 4.78 is 70.1. The molecule has 1 aromatic rings. The Kier molecular flexibility index (Phi) is 8.12. The van der Waals surface area contributed by atoms with E-state index in [1.165, 1.54) is 19.2 Å². The maximum Gasteiger partial charge on any atom is 0.416 e. The molecule has 160 valence electrons. The second-order valence-electron chi connectivity index (χ2n) is 7.05. The number of rotatable bonds is 7. The lowest BCUT2D eigenvalue weighted by molar-refractivity contribution is -0.138. The van der Waals surface area contributed by atoms with Crippen LogP contribution in [-0.2, 0) is 22.7 Å². The van der Waals surface area contributed by atoms with Gasteiger partial charge in [-0.05, 0) is 38.5 Å². The van der Waals surface area contributed by atoms with Gasteiger partial charge in [0.25, 0.3) is 0 Å². The second-order valence-corrected chi connectivity index (χ2v) is 8.88. The maximum atomic E-state index is 13.4. The van der Waals surface area contributed by atoms with Crippen LogP contribution in [0.3, 0.4) is 0 Å². The highest BCUT2D eigenvalue weighted by molar-refractivity contribution is 7.88. The van der Waals surface area contributed by atoms with Crippen LogP contribution in [0.4, 0.5) is 13.2 Å².